The molecule has 1 heterocycles. The number of nitrogens with zero attached hydrogens (tertiary/aromatic N) is 2. The monoisotopic (exact) mass is 261 g/mol. The maximum atomic E-state index is 9.18. The summed E-state index contributed by atoms with van der Waals surface area (Å²) < 4.78 is 10.6. The van der Waals surface area contributed by atoms with Gasteiger partial charge in [-0.3, -0.25) is 0 Å². The van der Waals surface area contributed by atoms with Crippen molar-refractivity contribution in [1.29, 1.82) is 5.26 Å². The van der Waals surface area contributed by atoms with E-state index in [1.807, 2.05) is 18.2 Å². The number of methoxy groups -OCH3 is 2. The third kappa shape index (κ3) is 2.74. The molecule has 1 unspecified atom stereocenters. The van der Waals surface area contributed by atoms with E-state index in [2.05, 4.69) is 11.0 Å². The van der Waals surface area contributed by atoms with Gasteiger partial charge in [0.2, 0.25) is 0 Å². The Hall–Kier alpha value is -1.93. The SMILES string of the molecule is COc1ccc(OC)c(N2CCCC(N)(C#N)C2)c1. The molecule has 0 saturated carbocycles. The number of nitriles is 1. The number of ether oxygens (including phenoxy) is 2. The van der Waals surface area contributed by atoms with Crippen LogP contribution in [0.2, 0.25) is 0 Å². The van der Waals surface area contributed by atoms with Gasteiger partial charge in [0, 0.05) is 19.2 Å². The standard InChI is InChI=1S/C14H19N3O2/c1-18-11-4-5-13(19-2)12(8-11)17-7-3-6-14(16,9-15)10-17/h4-5,8H,3,6-7,10,16H2,1-2H3. The van der Waals surface area contributed by atoms with Crippen molar-refractivity contribution in [1.82, 2.24) is 0 Å². The summed E-state index contributed by atoms with van der Waals surface area (Å²) in [5, 5.41) is 9.18. The quantitative estimate of drug-likeness (QED) is 0.893. The van der Waals surface area contributed by atoms with E-state index in [0.717, 1.165) is 36.6 Å². The molecule has 5 heteroatoms. The Kier molecular flexibility index (Phi) is 3.82. The highest BCUT2D eigenvalue weighted by molar-refractivity contribution is 5.62. The van der Waals surface area contributed by atoms with Crippen LogP contribution in [0.4, 0.5) is 5.69 Å². The molecule has 1 saturated heterocycles. The van der Waals surface area contributed by atoms with Crippen LogP contribution in [-0.2, 0) is 0 Å². The zero-order valence-corrected chi connectivity index (χ0v) is 11.3. The van der Waals surface area contributed by atoms with Gasteiger partial charge in [-0.05, 0) is 25.0 Å². The van der Waals surface area contributed by atoms with Crippen LogP contribution >= 0.6 is 0 Å². The molecule has 2 N–H and O–H groups in total. The van der Waals surface area contributed by atoms with Crippen molar-refractivity contribution in [2.75, 3.05) is 32.2 Å². The first-order valence-corrected chi connectivity index (χ1v) is 6.29. The molecule has 0 radical (unpaired) electrons. The highest BCUT2D eigenvalue weighted by Gasteiger charge is 2.32. The van der Waals surface area contributed by atoms with E-state index in [4.69, 9.17) is 15.2 Å². The van der Waals surface area contributed by atoms with E-state index < -0.39 is 5.54 Å². The summed E-state index contributed by atoms with van der Waals surface area (Å²) in [7, 11) is 3.26. The van der Waals surface area contributed by atoms with Crippen LogP contribution in [-0.4, -0.2) is 32.8 Å². The Bertz CT molecular complexity index is 498. The minimum Gasteiger partial charge on any atom is -0.497 e. The van der Waals surface area contributed by atoms with Gasteiger partial charge in [0.25, 0.3) is 0 Å². The Morgan fingerprint density at radius 2 is 2.16 bits per heavy atom. The lowest BCUT2D eigenvalue weighted by Gasteiger charge is -2.37. The molecule has 102 valence electrons. The van der Waals surface area contributed by atoms with E-state index in [-0.39, 0.29) is 0 Å². The van der Waals surface area contributed by atoms with Crippen molar-refractivity contribution < 1.29 is 9.47 Å². The summed E-state index contributed by atoms with van der Waals surface area (Å²) in [6.07, 6.45) is 1.62. The highest BCUT2D eigenvalue weighted by atomic mass is 16.5. The van der Waals surface area contributed by atoms with Gasteiger partial charge < -0.3 is 20.1 Å². The predicted molar refractivity (Wildman–Crippen MR) is 73.5 cm³/mol. The normalized spacial score (nSPS) is 22.7. The third-order valence-corrected chi connectivity index (χ3v) is 3.47. The molecular formula is C14H19N3O2. The van der Waals surface area contributed by atoms with Gasteiger partial charge in [-0.1, -0.05) is 0 Å². The average Bonchev–Trinajstić information content (AvgIpc) is 2.46. The number of hydrogen-bond donors (Lipinski definition) is 1. The Morgan fingerprint density at radius 1 is 1.37 bits per heavy atom. The summed E-state index contributed by atoms with van der Waals surface area (Å²) >= 11 is 0. The summed E-state index contributed by atoms with van der Waals surface area (Å²) in [4.78, 5) is 2.09. The van der Waals surface area contributed by atoms with Crippen molar-refractivity contribution in [3.05, 3.63) is 18.2 Å². The van der Waals surface area contributed by atoms with E-state index in [9.17, 15) is 5.26 Å². The molecule has 0 aromatic heterocycles. The van der Waals surface area contributed by atoms with Gasteiger partial charge in [-0.25, -0.2) is 0 Å². The Labute approximate surface area is 113 Å². The summed E-state index contributed by atoms with van der Waals surface area (Å²) in [5.74, 6) is 1.53. The number of anilines is 1. The first-order valence-electron chi connectivity index (χ1n) is 6.29. The van der Waals surface area contributed by atoms with Crippen LogP contribution in [0.3, 0.4) is 0 Å². The summed E-state index contributed by atoms with van der Waals surface area (Å²) in [5.41, 5.74) is 6.21. The van der Waals surface area contributed by atoms with Crippen molar-refractivity contribution in [2.45, 2.75) is 18.4 Å². The van der Waals surface area contributed by atoms with Crippen molar-refractivity contribution in [3.8, 4) is 17.6 Å². The fraction of sp³-hybridized carbons (Fsp3) is 0.500. The van der Waals surface area contributed by atoms with E-state index in [1.165, 1.54) is 0 Å². The smallest absolute Gasteiger partial charge is 0.142 e. The van der Waals surface area contributed by atoms with Gasteiger partial charge in [0.05, 0.1) is 26.0 Å². The van der Waals surface area contributed by atoms with Crippen LogP contribution in [0.1, 0.15) is 12.8 Å². The van der Waals surface area contributed by atoms with Crippen molar-refractivity contribution in [2.24, 2.45) is 5.73 Å². The average molecular weight is 261 g/mol. The minimum atomic E-state index is -0.785. The molecule has 2 rings (SSSR count). The predicted octanol–water partition coefficient (Wildman–Crippen LogP) is 1.53. The van der Waals surface area contributed by atoms with E-state index >= 15 is 0 Å². The number of rotatable bonds is 3. The Morgan fingerprint density at radius 3 is 2.79 bits per heavy atom. The number of hydrogen-bond acceptors (Lipinski definition) is 5. The number of benzene rings is 1. The fourth-order valence-electron chi connectivity index (χ4n) is 2.42. The molecular weight excluding hydrogens is 242 g/mol. The third-order valence-electron chi connectivity index (χ3n) is 3.47. The molecule has 1 aliphatic heterocycles. The van der Waals surface area contributed by atoms with Gasteiger partial charge in [0.15, 0.2) is 0 Å². The lowest BCUT2D eigenvalue weighted by molar-refractivity contribution is 0.392. The minimum absolute atomic E-state index is 0.507. The molecule has 0 bridgehead atoms. The second-order valence-corrected chi connectivity index (χ2v) is 4.83. The van der Waals surface area contributed by atoms with Crippen molar-refractivity contribution >= 4 is 5.69 Å². The topological polar surface area (TPSA) is 71.5 Å². The first-order chi connectivity index (χ1) is 9.11. The molecule has 1 aromatic carbocycles. The molecule has 1 atom stereocenters. The second-order valence-electron chi connectivity index (χ2n) is 4.83. The lowest BCUT2D eigenvalue weighted by atomic mass is 9.91. The zero-order valence-electron chi connectivity index (χ0n) is 11.3. The Balaban J connectivity index is 2.32. The van der Waals surface area contributed by atoms with Gasteiger partial charge in [0.1, 0.15) is 17.0 Å². The van der Waals surface area contributed by atoms with Crippen LogP contribution in [0, 0.1) is 11.3 Å². The van der Waals surface area contributed by atoms with Crippen LogP contribution in [0.15, 0.2) is 18.2 Å². The maximum Gasteiger partial charge on any atom is 0.142 e. The van der Waals surface area contributed by atoms with Gasteiger partial charge in [-0.15, -0.1) is 0 Å². The second kappa shape index (κ2) is 5.37. The van der Waals surface area contributed by atoms with Crippen LogP contribution in [0.5, 0.6) is 11.5 Å². The van der Waals surface area contributed by atoms with E-state index in [0.29, 0.717) is 6.54 Å². The molecule has 0 amide bonds. The molecule has 1 aromatic rings. The van der Waals surface area contributed by atoms with Crippen molar-refractivity contribution in [3.63, 3.8) is 0 Å². The fourth-order valence-corrected chi connectivity index (χ4v) is 2.42. The highest BCUT2D eigenvalue weighted by Crippen LogP contribution is 2.35. The first kappa shape index (κ1) is 13.5. The molecule has 0 aliphatic carbocycles. The van der Waals surface area contributed by atoms with Crippen LogP contribution in [0.25, 0.3) is 0 Å². The summed E-state index contributed by atoms with van der Waals surface area (Å²) in [6.45, 7) is 1.37. The number of piperidine rings is 1. The van der Waals surface area contributed by atoms with Crippen LogP contribution < -0.4 is 20.1 Å². The molecule has 19 heavy (non-hydrogen) atoms. The number of nitrogens with two attached hydrogens (primary N) is 1. The molecule has 5 nitrogen and oxygen atoms in total. The maximum absolute atomic E-state index is 9.18. The molecule has 1 fully saturated rings. The zero-order chi connectivity index (χ0) is 13.9. The van der Waals surface area contributed by atoms with Gasteiger partial charge in [-0.2, -0.15) is 5.26 Å². The largest absolute Gasteiger partial charge is 0.497 e. The van der Waals surface area contributed by atoms with Gasteiger partial charge >= 0.3 is 0 Å². The lowest BCUT2D eigenvalue weighted by Crippen LogP contribution is -2.53. The van der Waals surface area contributed by atoms with E-state index in [1.54, 1.807) is 14.2 Å². The summed E-state index contributed by atoms with van der Waals surface area (Å²) in [6, 6.07) is 7.85. The molecule has 1 aliphatic rings. The molecule has 0 spiro atoms.